The summed E-state index contributed by atoms with van der Waals surface area (Å²) < 4.78 is 11.6. The van der Waals surface area contributed by atoms with Gasteiger partial charge >= 0.3 is 0 Å². The Bertz CT molecular complexity index is 556. The van der Waals surface area contributed by atoms with Crippen LogP contribution in [0.5, 0.6) is 0 Å². The zero-order chi connectivity index (χ0) is 15.7. The number of hydrogen-bond acceptors (Lipinski definition) is 5. The van der Waals surface area contributed by atoms with Gasteiger partial charge in [0.15, 0.2) is 0 Å². The molecule has 0 unspecified atom stereocenters. The van der Waals surface area contributed by atoms with E-state index in [0.29, 0.717) is 13.2 Å². The number of nitrogens with zero attached hydrogens (tertiary/aromatic N) is 2. The average molecular weight is 334 g/mol. The number of ether oxygens (including phenoxy) is 2. The summed E-state index contributed by atoms with van der Waals surface area (Å²) in [5.74, 6) is 1.40. The molecule has 0 saturated carbocycles. The van der Waals surface area contributed by atoms with Crippen molar-refractivity contribution in [3.63, 3.8) is 0 Å². The monoisotopic (exact) mass is 334 g/mol. The van der Waals surface area contributed by atoms with E-state index in [2.05, 4.69) is 4.98 Å². The Labute approximate surface area is 140 Å². The van der Waals surface area contributed by atoms with E-state index in [4.69, 9.17) is 9.47 Å². The van der Waals surface area contributed by atoms with E-state index in [1.165, 1.54) is 0 Å². The van der Waals surface area contributed by atoms with Crippen molar-refractivity contribution in [1.29, 1.82) is 0 Å². The highest BCUT2D eigenvalue weighted by atomic mass is 32.2. The van der Waals surface area contributed by atoms with Crippen LogP contribution >= 0.6 is 11.8 Å². The molecule has 23 heavy (non-hydrogen) atoms. The molecule has 3 aliphatic heterocycles. The highest BCUT2D eigenvalue weighted by molar-refractivity contribution is 8.01. The van der Waals surface area contributed by atoms with E-state index in [0.717, 1.165) is 43.9 Å². The van der Waals surface area contributed by atoms with E-state index >= 15 is 0 Å². The van der Waals surface area contributed by atoms with Gasteiger partial charge in [0, 0.05) is 37.8 Å². The van der Waals surface area contributed by atoms with Gasteiger partial charge in [0.2, 0.25) is 5.91 Å². The maximum atomic E-state index is 12.4. The number of pyridine rings is 1. The molecule has 0 bridgehead atoms. The topological polar surface area (TPSA) is 51.7 Å². The van der Waals surface area contributed by atoms with Gasteiger partial charge in [-0.3, -0.25) is 9.78 Å². The summed E-state index contributed by atoms with van der Waals surface area (Å²) in [5.41, 5.74) is 1.12. The number of thioether (sulfide) groups is 1. The molecule has 3 saturated heterocycles. The summed E-state index contributed by atoms with van der Waals surface area (Å²) >= 11 is 1.97. The Kier molecular flexibility index (Phi) is 4.30. The fourth-order valence-electron chi connectivity index (χ4n) is 3.62. The number of carbonyl (C=O) groups excluding carboxylic acids is 1. The minimum Gasteiger partial charge on any atom is -0.381 e. The Hall–Kier alpha value is -1.11. The van der Waals surface area contributed by atoms with E-state index in [-0.39, 0.29) is 22.7 Å². The van der Waals surface area contributed by atoms with Gasteiger partial charge in [0.1, 0.15) is 0 Å². The Morgan fingerprint density at radius 3 is 3.17 bits per heavy atom. The average Bonchev–Trinajstić information content (AvgIpc) is 3.22. The van der Waals surface area contributed by atoms with Crippen LogP contribution in [0.2, 0.25) is 0 Å². The van der Waals surface area contributed by atoms with Crippen molar-refractivity contribution in [3.05, 3.63) is 30.1 Å². The highest BCUT2D eigenvalue weighted by Gasteiger charge is 2.51. The molecule has 0 aliphatic carbocycles. The minimum absolute atomic E-state index is 0.0939. The third-order valence-corrected chi connectivity index (χ3v) is 6.51. The summed E-state index contributed by atoms with van der Waals surface area (Å²) in [5, 5.41) is 0. The Balaban J connectivity index is 1.24. The zero-order valence-electron chi connectivity index (χ0n) is 13.1. The van der Waals surface area contributed by atoms with Gasteiger partial charge in [0.25, 0.3) is 0 Å². The van der Waals surface area contributed by atoms with Gasteiger partial charge in [0.05, 0.1) is 30.0 Å². The third-order valence-electron chi connectivity index (χ3n) is 4.93. The van der Waals surface area contributed by atoms with E-state index in [1.54, 1.807) is 6.20 Å². The van der Waals surface area contributed by atoms with E-state index < -0.39 is 0 Å². The second-order valence-corrected chi connectivity index (χ2v) is 8.24. The molecule has 1 aromatic rings. The first-order chi connectivity index (χ1) is 11.2. The molecule has 6 heteroatoms. The fraction of sp³-hybridized carbons (Fsp3) is 0.647. The van der Waals surface area contributed by atoms with Crippen LogP contribution in [0.15, 0.2) is 24.5 Å². The maximum Gasteiger partial charge on any atom is 0.228 e. The van der Waals surface area contributed by atoms with Crippen molar-refractivity contribution in [3.8, 4) is 0 Å². The second-order valence-electron chi connectivity index (χ2n) is 6.75. The Morgan fingerprint density at radius 1 is 1.52 bits per heavy atom. The molecule has 0 radical (unpaired) electrons. The Morgan fingerprint density at radius 2 is 2.43 bits per heavy atom. The van der Waals surface area contributed by atoms with Crippen LogP contribution in [0.4, 0.5) is 0 Å². The zero-order valence-corrected chi connectivity index (χ0v) is 14.0. The molecular formula is C17H22N2O3S. The number of hydrogen-bond donors (Lipinski definition) is 0. The number of carbonyl (C=O) groups is 1. The molecule has 1 aromatic heterocycles. The van der Waals surface area contributed by atoms with E-state index in [9.17, 15) is 4.79 Å². The van der Waals surface area contributed by atoms with Crippen molar-refractivity contribution in [2.45, 2.75) is 30.3 Å². The van der Waals surface area contributed by atoms with Crippen LogP contribution in [0, 0.1) is 5.92 Å². The lowest BCUT2D eigenvalue weighted by molar-refractivity contribution is -0.141. The normalized spacial score (nSPS) is 29.0. The third kappa shape index (κ3) is 3.25. The molecule has 1 amide bonds. The summed E-state index contributed by atoms with van der Waals surface area (Å²) in [6.45, 7) is 3.71. The molecule has 124 valence electrons. The van der Waals surface area contributed by atoms with E-state index in [1.807, 2.05) is 35.0 Å². The molecule has 3 fully saturated rings. The summed E-state index contributed by atoms with van der Waals surface area (Å²) in [6, 6.07) is 3.98. The van der Waals surface area contributed by atoms with Crippen molar-refractivity contribution in [2.24, 2.45) is 5.92 Å². The van der Waals surface area contributed by atoms with Crippen LogP contribution < -0.4 is 0 Å². The minimum atomic E-state index is 0.0939. The van der Waals surface area contributed by atoms with Crippen LogP contribution in [0.3, 0.4) is 0 Å². The first-order valence-corrected chi connectivity index (χ1v) is 9.24. The van der Waals surface area contributed by atoms with Crippen LogP contribution in [-0.2, 0) is 20.9 Å². The van der Waals surface area contributed by atoms with Crippen molar-refractivity contribution in [2.75, 3.05) is 32.1 Å². The van der Waals surface area contributed by atoms with Crippen molar-refractivity contribution in [1.82, 2.24) is 9.88 Å². The predicted molar refractivity (Wildman–Crippen MR) is 88.1 cm³/mol. The fourth-order valence-corrected chi connectivity index (χ4v) is 5.17. The number of rotatable bonds is 4. The molecule has 1 spiro atoms. The second kappa shape index (κ2) is 6.42. The summed E-state index contributed by atoms with van der Waals surface area (Å²) in [4.78, 5) is 18.5. The molecule has 4 heterocycles. The largest absolute Gasteiger partial charge is 0.381 e. The molecular weight excluding hydrogens is 312 g/mol. The quantitative estimate of drug-likeness (QED) is 0.839. The maximum absolute atomic E-state index is 12.4. The number of amides is 1. The summed E-state index contributed by atoms with van der Waals surface area (Å²) in [7, 11) is 0. The SMILES string of the molecule is O=C([C@@H]1CCOC1)N1CC2(C[C@H](OCc3cccnc3)CS2)C1. The van der Waals surface area contributed by atoms with Crippen LogP contribution in [0.25, 0.3) is 0 Å². The lowest BCUT2D eigenvalue weighted by atomic mass is 9.91. The standard InChI is InChI=1S/C17H22N2O3S/c20-16(14-3-5-21-9-14)19-11-17(12-19)6-15(10-23-17)22-8-13-2-1-4-18-7-13/h1-2,4,7,14-15H,3,5-6,8-12H2/t14-,15+/m1/s1. The highest BCUT2D eigenvalue weighted by Crippen LogP contribution is 2.46. The van der Waals surface area contributed by atoms with Gasteiger partial charge in [-0.25, -0.2) is 0 Å². The number of likely N-dealkylation sites (tertiary alicyclic amines) is 1. The molecule has 3 aliphatic rings. The van der Waals surface area contributed by atoms with Crippen molar-refractivity contribution >= 4 is 17.7 Å². The van der Waals surface area contributed by atoms with Crippen LogP contribution in [0.1, 0.15) is 18.4 Å². The molecule has 5 nitrogen and oxygen atoms in total. The number of aromatic nitrogens is 1. The molecule has 2 atom stereocenters. The predicted octanol–water partition coefficient (Wildman–Crippen LogP) is 1.72. The van der Waals surface area contributed by atoms with Gasteiger partial charge in [-0.15, -0.1) is 11.8 Å². The van der Waals surface area contributed by atoms with Crippen LogP contribution in [-0.4, -0.2) is 58.7 Å². The first-order valence-electron chi connectivity index (χ1n) is 8.25. The smallest absolute Gasteiger partial charge is 0.228 e. The molecule has 0 N–H and O–H groups in total. The first kappa shape index (κ1) is 15.4. The van der Waals surface area contributed by atoms with Gasteiger partial charge in [-0.1, -0.05) is 6.07 Å². The van der Waals surface area contributed by atoms with Gasteiger partial charge in [-0.2, -0.15) is 0 Å². The lowest BCUT2D eigenvalue weighted by Gasteiger charge is -2.48. The summed E-state index contributed by atoms with van der Waals surface area (Å²) in [6.07, 6.45) is 5.84. The van der Waals surface area contributed by atoms with Gasteiger partial charge in [-0.05, 0) is 24.5 Å². The van der Waals surface area contributed by atoms with Gasteiger partial charge < -0.3 is 14.4 Å². The lowest BCUT2D eigenvalue weighted by Crippen LogP contribution is -2.62. The van der Waals surface area contributed by atoms with Crippen molar-refractivity contribution < 1.29 is 14.3 Å². The molecule has 4 rings (SSSR count). The molecule has 0 aromatic carbocycles.